The Morgan fingerprint density at radius 3 is 2.17 bits per heavy atom. The summed E-state index contributed by atoms with van der Waals surface area (Å²) in [6, 6.07) is 15.0. The van der Waals surface area contributed by atoms with Crippen molar-refractivity contribution in [2.45, 2.75) is 18.9 Å². The van der Waals surface area contributed by atoms with Gasteiger partial charge in [-0.15, -0.1) is 11.3 Å². The first kappa shape index (κ1) is 19.8. The lowest BCUT2D eigenvalue weighted by molar-refractivity contribution is 0.101. The van der Waals surface area contributed by atoms with Crippen molar-refractivity contribution in [2.24, 2.45) is 0 Å². The highest BCUT2D eigenvalue weighted by Gasteiger charge is 2.23. The number of ketones is 2. The van der Waals surface area contributed by atoms with Crippen molar-refractivity contribution in [3.05, 3.63) is 75.7 Å². The third-order valence-corrected chi connectivity index (χ3v) is 7.78. The average Bonchev–Trinajstić information content (AvgIpc) is 3.27. The Balaban J connectivity index is 1.57. The summed E-state index contributed by atoms with van der Waals surface area (Å²) >= 11 is 4.05. The van der Waals surface area contributed by atoms with E-state index >= 15 is 0 Å². The molecule has 0 aliphatic rings. The van der Waals surface area contributed by atoms with Gasteiger partial charge >= 0.3 is 0 Å². The number of anilines is 1. The lowest BCUT2D eigenvalue weighted by atomic mass is 10.1. The predicted octanol–water partition coefficient (Wildman–Crippen LogP) is 5.76. The maximum Gasteiger partial charge on any atom is 0.205 e. The highest BCUT2D eigenvalue weighted by molar-refractivity contribution is 8.00. The topological polar surface area (TPSA) is 73.0 Å². The quantitative estimate of drug-likeness (QED) is 0.306. The summed E-state index contributed by atoms with van der Waals surface area (Å²) in [6.45, 7) is 3.97. The number of thioether (sulfide) groups is 1. The summed E-state index contributed by atoms with van der Waals surface area (Å²) in [5, 5.41) is 1.50. The minimum absolute atomic E-state index is 0.0425. The summed E-state index contributed by atoms with van der Waals surface area (Å²) < 4.78 is 5.36. The van der Waals surface area contributed by atoms with Crippen molar-refractivity contribution in [3.63, 3.8) is 0 Å². The van der Waals surface area contributed by atoms with Gasteiger partial charge in [-0.25, -0.2) is 0 Å². The number of aryl methyl sites for hydroxylation is 2. The second-order valence-corrected chi connectivity index (χ2v) is 9.78. The number of benzene rings is 2. The van der Waals surface area contributed by atoms with E-state index in [1.54, 1.807) is 0 Å². The predicted molar refractivity (Wildman–Crippen MR) is 123 cm³/mol. The standard InChI is InChI=1S/C22H18N2O2S3/c1-12-3-7-14(8-4-12)16(25)11-27-21-17-18(23)20(28-22(17)29-24-21)19(26)15-9-5-13(2)6-10-15/h3-10H,11,23H2,1-2H3. The first-order chi connectivity index (χ1) is 13.9. The van der Waals surface area contributed by atoms with E-state index in [9.17, 15) is 9.59 Å². The number of Topliss-reactive ketones (excluding diaryl/α,β-unsaturated/α-hetero) is 1. The van der Waals surface area contributed by atoms with Gasteiger partial charge in [0.2, 0.25) is 5.78 Å². The van der Waals surface area contributed by atoms with Crippen LogP contribution in [0, 0.1) is 13.8 Å². The molecule has 0 atom stereocenters. The molecule has 4 aromatic rings. The number of nitrogens with two attached hydrogens (primary N) is 1. The fraction of sp³-hybridized carbons (Fsp3) is 0.136. The number of carbonyl (C=O) groups excluding carboxylic acids is 2. The van der Waals surface area contributed by atoms with E-state index in [0.717, 1.165) is 20.5 Å². The second-order valence-electron chi connectivity index (χ2n) is 6.77. The molecule has 0 saturated heterocycles. The third kappa shape index (κ3) is 3.99. The maximum atomic E-state index is 12.9. The normalized spacial score (nSPS) is 11.1. The maximum absolute atomic E-state index is 12.9. The molecule has 2 aromatic carbocycles. The average molecular weight is 439 g/mol. The van der Waals surface area contributed by atoms with Crippen LogP contribution in [0.2, 0.25) is 0 Å². The van der Waals surface area contributed by atoms with Crippen LogP contribution in [-0.4, -0.2) is 21.7 Å². The van der Waals surface area contributed by atoms with Crippen LogP contribution in [0.25, 0.3) is 9.40 Å². The fourth-order valence-corrected chi connectivity index (χ4v) is 6.10. The highest BCUT2D eigenvalue weighted by atomic mass is 32.2. The largest absolute Gasteiger partial charge is 0.397 e. The lowest BCUT2D eigenvalue weighted by Crippen LogP contribution is -2.03. The molecule has 0 aliphatic carbocycles. The van der Waals surface area contributed by atoms with Crippen molar-refractivity contribution >= 4 is 61.3 Å². The van der Waals surface area contributed by atoms with Crippen LogP contribution in [0.15, 0.2) is 53.6 Å². The molecule has 2 aromatic heterocycles. The molecule has 0 amide bonds. The zero-order valence-electron chi connectivity index (χ0n) is 15.9. The number of fused-ring (bicyclic) bond motifs is 1. The molecule has 7 heteroatoms. The number of thiophene rings is 1. The van der Waals surface area contributed by atoms with Crippen molar-refractivity contribution in [1.82, 2.24) is 4.37 Å². The van der Waals surface area contributed by atoms with Crippen LogP contribution in [0.5, 0.6) is 0 Å². The Hall–Kier alpha value is -2.48. The van der Waals surface area contributed by atoms with E-state index in [-0.39, 0.29) is 17.3 Å². The number of hydrogen-bond acceptors (Lipinski definition) is 7. The molecule has 2 heterocycles. The van der Waals surface area contributed by atoms with E-state index in [2.05, 4.69) is 4.37 Å². The molecule has 0 radical (unpaired) electrons. The number of aromatic nitrogens is 1. The lowest BCUT2D eigenvalue weighted by Gasteiger charge is -2.02. The van der Waals surface area contributed by atoms with Crippen LogP contribution in [-0.2, 0) is 0 Å². The Morgan fingerprint density at radius 1 is 0.966 bits per heavy atom. The van der Waals surface area contributed by atoms with Gasteiger partial charge in [0.15, 0.2) is 5.78 Å². The van der Waals surface area contributed by atoms with Crippen molar-refractivity contribution in [3.8, 4) is 0 Å². The minimum Gasteiger partial charge on any atom is -0.397 e. The van der Waals surface area contributed by atoms with Gasteiger partial charge in [-0.05, 0) is 25.4 Å². The molecular weight excluding hydrogens is 420 g/mol. The van der Waals surface area contributed by atoms with E-state index in [4.69, 9.17) is 5.73 Å². The van der Waals surface area contributed by atoms with Gasteiger partial charge in [-0.1, -0.05) is 71.4 Å². The van der Waals surface area contributed by atoms with Crippen LogP contribution in [0.3, 0.4) is 0 Å². The van der Waals surface area contributed by atoms with Crippen LogP contribution in [0.1, 0.15) is 36.7 Å². The van der Waals surface area contributed by atoms with Gasteiger partial charge in [0.05, 0.1) is 16.8 Å². The Kier molecular flexibility index (Phi) is 5.54. The molecule has 29 heavy (non-hydrogen) atoms. The van der Waals surface area contributed by atoms with Gasteiger partial charge in [-0.2, -0.15) is 4.37 Å². The number of rotatable bonds is 6. The van der Waals surface area contributed by atoms with Crippen LogP contribution < -0.4 is 5.73 Å². The fourth-order valence-electron chi connectivity index (χ4n) is 2.88. The van der Waals surface area contributed by atoms with E-state index < -0.39 is 0 Å². The number of carbonyl (C=O) groups is 2. The summed E-state index contributed by atoms with van der Waals surface area (Å²) in [5.74, 6) is 0.238. The third-order valence-electron chi connectivity index (χ3n) is 4.57. The molecule has 0 bridgehead atoms. The molecule has 4 rings (SSSR count). The molecule has 4 nitrogen and oxygen atoms in total. The Labute approximate surface area is 180 Å². The Bertz CT molecular complexity index is 1210. The van der Waals surface area contributed by atoms with Crippen LogP contribution in [0.4, 0.5) is 5.69 Å². The smallest absolute Gasteiger partial charge is 0.205 e. The first-order valence-corrected chi connectivity index (χ1v) is 11.5. The van der Waals surface area contributed by atoms with E-state index in [1.165, 1.54) is 34.6 Å². The highest BCUT2D eigenvalue weighted by Crippen LogP contribution is 2.43. The number of nitrogen functional groups attached to an aromatic ring is 1. The molecule has 0 spiro atoms. The van der Waals surface area contributed by atoms with Gasteiger partial charge in [0.25, 0.3) is 0 Å². The van der Waals surface area contributed by atoms with E-state index in [0.29, 0.717) is 26.7 Å². The zero-order chi connectivity index (χ0) is 20.5. The van der Waals surface area contributed by atoms with E-state index in [1.807, 2.05) is 62.4 Å². The van der Waals surface area contributed by atoms with Crippen molar-refractivity contribution < 1.29 is 9.59 Å². The van der Waals surface area contributed by atoms with Gasteiger partial charge in [0.1, 0.15) is 13.9 Å². The SMILES string of the molecule is Cc1ccc(C(=O)CSc2nsc3sc(C(=O)c4ccc(C)cc4)c(N)c23)cc1. The summed E-state index contributed by atoms with van der Waals surface area (Å²) in [5.41, 5.74) is 10.3. The van der Waals surface area contributed by atoms with Gasteiger partial charge in [0, 0.05) is 11.1 Å². The van der Waals surface area contributed by atoms with Crippen molar-refractivity contribution in [1.29, 1.82) is 0 Å². The first-order valence-electron chi connectivity index (χ1n) is 8.95. The second kappa shape index (κ2) is 8.10. The van der Waals surface area contributed by atoms with Gasteiger partial charge in [-0.3, -0.25) is 9.59 Å². The molecule has 0 saturated carbocycles. The molecule has 146 valence electrons. The van der Waals surface area contributed by atoms with Crippen molar-refractivity contribution in [2.75, 3.05) is 11.5 Å². The molecule has 2 N–H and O–H groups in total. The van der Waals surface area contributed by atoms with Crippen LogP contribution >= 0.6 is 34.6 Å². The summed E-state index contributed by atoms with van der Waals surface area (Å²) in [6.07, 6.45) is 0. The summed E-state index contributed by atoms with van der Waals surface area (Å²) in [4.78, 5) is 25.9. The van der Waals surface area contributed by atoms with Gasteiger partial charge < -0.3 is 5.73 Å². The summed E-state index contributed by atoms with van der Waals surface area (Å²) in [7, 11) is 0. The monoisotopic (exact) mass is 438 g/mol. The number of hydrogen-bond donors (Lipinski definition) is 1. The zero-order valence-corrected chi connectivity index (χ0v) is 18.3. The molecule has 0 unspecified atom stereocenters. The Morgan fingerprint density at radius 2 is 1.55 bits per heavy atom. The minimum atomic E-state index is -0.0809. The molecule has 0 fully saturated rings. The number of nitrogens with zero attached hydrogens (tertiary/aromatic N) is 1. The molecular formula is C22H18N2O2S3. The molecule has 0 aliphatic heterocycles.